The number of carboxylic acid groups (broad SMARTS) is 1. The molecule has 0 heterocycles. The summed E-state index contributed by atoms with van der Waals surface area (Å²) in [5.74, 6) is -0.826. The number of ether oxygens (including phenoxy) is 1. The summed E-state index contributed by atoms with van der Waals surface area (Å²) in [7, 11) is -2.28. The zero-order chi connectivity index (χ0) is 15.9. The Hall–Kier alpha value is -2.02. The fourth-order valence-electron chi connectivity index (χ4n) is 1.52. The number of unbranched alkanes of at least 4 members (excludes halogenated alkanes) is 1. The number of carbonyl (C=O) groups is 1. The maximum atomic E-state index is 11.8. The maximum Gasteiger partial charge on any atom is 0.328 e. The van der Waals surface area contributed by atoms with E-state index in [0.29, 0.717) is 12.0 Å². The summed E-state index contributed by atoms with van der Waals surface area (Å²) in [4.78, 5) is 10.5. The lowest BCUT2D eigenvalue weighted by Crippen LogP contribution is -2.14. The van der Waals surface area contributed by atoms with E-state index in [-0.39, 0.29) is 17.3 Å². The van der Waals surface area contributed by atoms with Crippen LogP contribution in [-0.4, -0.2) is 32.4 Å². The summed E-state index contributed by atoms with van der Waals surface area (Å²) < 4.78 is 33.6. The molecule has 6 nitrogen and oxygen atoms in total. The highest BCUT2D eigenvalue weighted by Crippen LogP contribution is 2.30. The number of hydrogen-bond donors (Lipinski definition) is 1. The smallest absolute Gasteiger partial charge is 0.328 e. The van der Waals surface area contributed by atoms with Crippen LogP contribution in [0.15, 0.2) is 24.3 Å². The zero-order valence-electron chi connectivity index (χ0n) is 11.9. The Morgan fingerprint density at radius 3 is 2.62 bits per heavy atom. The number of carboxylic acids is 1. The maximum absolute atomic E-state index is 11.8. The molecule has 0 aliphatic heterocycles. The molecule has 21 heavy (non-hydrogen) atoms. The van der Waals surface area contributed by atoms with Crippen molar-refractivity contribution < 1.29 is 27.2 Å². The quantitative estimate of drug-likeness (QED) is 0.585. The third-order valence-electron chi connectivity index (χ3n) is 2.57. The molecule has 0 unspecified atom stereocenters. The topological polar surface area (TPSA) is 89.9 Å². The second-order valence-electron chi connectivity index (χ2n) is 4.28. The second-order valence-corrected chi connectivity index (χ2v) is 5.97. The first-order valence-corrected chi connectivity index (χ1v) is 7.97. The lowest BCUT2D eigenvalue weighted by Gasteiger charge is -2.11. The summed E-state index contributed by atoms with van der Waals surface area (Å²) in [6, 6.07) is 4.49. The third-order valence-corrected chi connectivity index (χ3v) is 3.79. The van der Waals surface area contributed by atoms with E-state index < -0.39 is 16.1 Å². The Balaban J connectivity index is 2.96. The minimum atomic E-state index is -3.66. The van der Waals surface area contributed by atoms with E-state index in [2.05, 4.69) is 0 Å². The Labute approximate surface area is 124 Å². The predicted molar refractivity (Wildman–Crippen MR) is 79.0 cm³/mol. The van der Waals surface area contributed by atoms with E-state index in [1.807, 2.05) is 6.92 Å². The van der Waals surface area contributed by atoms with Gasteiger partial charge in [-0.05, 0) is 30.2 Å². The Morgan fingerprint density at radius 1 is 1.33 bits per heavy atom. The minimum absolute atomic E-state index is 0.0622. The van der Waals surface area contributed by atoms with Crippen LogP contribution in [0.5, 0.6) is 11.5 Å². The fourth-order valence-corrected chi connectivity index (χ4v) is 2.66. The molecule has 0 spiro atoms. The average Bonchev–Trinajstić information content (AvgIpc) is 2.43. The molecule has 0 bridgehead atoms. The average molecular weight is 314 g/mol. The van der Waals surface area contributed by atoms with Crippen LogP contribution in [0.3, 0.4) is 0 Å². The second kappa shape index (κ2) is 7.68. The molecular weight excluding hydrogens is 296 g/mol. The van der Waals surface area contributed by atoms with Crippen LogP contribution < -0.4 is 8.92 Å². The highest BCUT2D eigenvalue weighted by atomic mass is 32.2. The van der Waals surface area contributed by atoms with Gasteiger partial charge in [-0.2, -0.15) is 8.42 Å². The van der Waals surface area contributed by atoms with Crippen molar-refractivity contribution in [1.82, 2.24) is 0 Å². The molecule has 0 radical (unpaired) electrons. The van der Waals surface area contributed by atoms with Gasteiger partial charge in [0.2, 0.25) is 0 Å². The number of aliphatic carboxylic acids is 1. The van der Waals surface area contributed by atoms with E-state index in [4.69, 9.17) is 14.0 Å². The Kier molecular flexibility index (Phi) is 6.23. The van der Waals surface area contributed by atoms with Crippen molar-refractivity contribution in [3.63, 3.8) is 0 Å². The SMILES string of the molecule is CCCCS(=O)(=O)Oc1ccc(C=CC(=O)O)cc1OC. The molecule has 1 aromatic rings. The van der Waals surface area contributed by atoms with E-state index in [0.717, 1.165) is 12.5 Å². The summed E-state index contributed by atoms with van der Waals surface area (Å²) >= 11 is 0. The molecule has 1 N–H and O–H groups in total. The standard InChI is InChI=1S/C14H18O6S/c1-3-4-9-21(17,18)20-12-7-5-11(6-8-14(15)16)10-13(12)19-2/h5-8,10H,3-4,9H2,1-2H3,(H,15,16). The monoisotopic (exact) mass is 314 g/mol. The lowest BCUT2D eigenvalue weighted by molar-refractivity contribution is -0.131. The van der Waals surface area contributed by atoms with Crippen molar-refractivity contribution in [2.45, 2.75) is 19.8 Å². The van der Waals surface area contributed by atoms with Gasteiger partial charge in [-0.1, -0.05) is 19.4 Å². The lowest BCUT2D eigenvalue weighted by atomic mass is 10.2. The van der Waals surface area contributed by atoms with Crippen molar-refractivity contribution in [1.29, 1.82) is 0 Å². The van der Waals surface area contributed by atoms with Crippen LogP contribution >= 0.6 is 0 Å². The molecule has 1 aromatic carbocycles. The van der Waals surface area contributed by atoms with Gasteiger partial charge >= 0.3 is 16.1 Å². The molecule has 0 aliphatic rings. The van der Waals surface area contributed by atoms with Crippen LogP contribution in [0.4, 0.5) is 0 Å². The van der Waals surface area contributed by atoms with Gasteiger partial charge in [-0.25, -0.2) is 4.79 Å². The van der Waals surface area contributed by atoms with Gasteiger partial charge in [0.15, 0.2) is 11.5 Å². The van der Waals surface area contributed by atoms with Crippen LogP contribution in [-0.2, 0) is 14.9 Å². The van der Waals surface area contributed by atoms with Crippen molar-refractivity contribution in [2.75, 3.05) is 12.9 Å². The third kappa shape index (κ3) is 5.86. The minimum Gasteiger partial charge on any atom is -0.493 e. The zero-order valence-corrected chi connectivity index (χ0v) is 12.7. The molecule has 0 saturated carbocycles. The van der Waals surface area contributed by atoms with Gasteiger partial charge in [0.05, 0.1) is 12.9 Å². The molecule has 116 valence electrons. The van der Waals surface area contributed by atoms with Gasteiger partial charge < -0.3 is 14.0 Å². The largest absolute Gasteiger partial charge is 0.493 e. The number of methoxy groups -OCH3 is 1. The summed E-state index contributed by atoms with van der Waals surface area (Å²) in [5, 5.41) is 8.57. The van der Waals surface area contributed by atoms with E-state index in [1.165, 1.54) is 25.3 Å². The molecular formula is C14H18O6S. The van der Waals surface area contributed by atoms with Crippen molar-refractivity contribution in [3.05, 3.63) is 29.8 Å². The molecule has 7 heteroatoms. The first kappa shape index (κ1) is 17.0. The summed E-state index contributed by atoms with van der Waals surface area (Å²) in [6.45, 7) is 1.89. The Morgan fingerprint density at radius 2 is 2.05 bits per heavy atom. The van der Waals surface area contributed by atoms with Crippen LogP contribution in [0, 0.1) is 0 Å². The van der Waals surface area contributed by atoms with Gasteiger partial charge in [-0.15, -0.1) is 0 Å². The first-order valence-electron chi connectivity index (χ1n) is 6.39. The van der Waals surface area contributed by atoms with Crippen molar-refractivity contribution in [2.24, 2.45) is 0 Å². The van der Waals surface area contributed by atoms with Crippen LogP contribution in [0.2, 0.25) is 0 Å². The summed E-state index contributed by atoms with van der Waals surface area (Å²) in [6.07, 6.45) is 3.62. The van der Waals surface area contributed by atoms with Crippen LogP contribution in [0.25, 0.3) is 6.08 Å². The molecule has 0 aromatic heterocycles. The Bertz CT molecular complexity index is 618. The molecule has 0 amide bonds. The van der Waals surface area contributed by atoms with E-state index in [1.54, 1.807) is 6.07 Å². The predicted octanol–water partition coefficient (Wildman–Crippen LogP) is 2.30. The normalized spacial score (nSPS) is 11.5. The van der Waals surface area contributed by atoms with Crippen LogP contribution in [0.1, 0.15) is 25.3 Å². The molecule has 0 atom stereocenters. The first-order chi connectivity index (χ1) is 9.88. The molecule has 0 aliphatic carbocycles. The molecule has 1 rings (SSSR count). The highest BCUT2D eigenvalue weighted by Gasteiger charge is 2.15. The molecule has 0 fully saturated rings. The van der Waals surface area contributed by atoms with E-state index in [9.17, 15) is 13.2 Å². The highest BCUT2D eigenvalue weighted by molar-refractivity contribution is 7.87. The molecule has 0 saturated heterocycles. The van der Waals surface area contributed by atoms with Crippen molar-refractivity contribution >= 4 is 22.2 Å². The fraction of sp³-hybridized carbons (Fsp3) is 0.357. The van der Waals surface area contributed by atoms with Gasteiger partial charge in [-0.3, -0.25) is 0 Å². The number of benzene rings is 1. The van der Waals surface area contributed by atoms with Gasteiger partial charge in [0.1, 0.15) is 0 Å². The van der Waals surface area contributed by atoms with E-state index >= 15 is 0 Å². The van der Waals surface area contributed by atoms with Gasteiger partial charge in [0, 0.05) is 6.08 Å². The number of rotatable bonds is 8. The summed E-state index contributed by atoms with van der Waals surface area (Å²) in [5.41, 5.74) is 0.563. The van der Waals surface area contributed by atoms with Crippen molar-refractivity contribution in [3.8, 4) is 11.5 Å². The van der Waals surface area contributed by atoms with Gasteiger partial charge in [0.25, 0.3) is 0 Å². The number of hydrogen-bond acceptors (Lipinski definition) is 5.